The van der Waals surface area contributed by atoms with Crippen LogP contribution >= 0.6 is 0 Å². The largest absolute Gasteiger partial charge is 0.507 e. The molecule has 0 aromatic heterocycles. The van der Waals surface area contributed by atoms with Crippen LogP contribution < -0.4 is 4.74 Å². The van der Waals surface area contributed by atoms with Gasteiger partial charge in [-0.1, -0.05) is 19.1 Å². The second kappa shape index (κ2) is 12.0. The molecule has 0 radical (unpaired) electrons. The molecular weight excluding hydrogens is 478 g/mol. The number of ether oxygens (including phenoxy) is 2. The lowest BCUT2D eigenvalue weighted by molar-refractivity contribution is -0.384. The van der Waals surface area contributed by atoms with Crippen LogP contribution in [0.15, 0.2) is 54.1 Å². The minimum absolute atomic E-state index is 0.0436. The molecule has 1 unspecified atom stereocenters. The monoisotopic (exact) mass is 509 g/mol. The topological polar surface area (TPSA) is 122 Å². The van der Waals surface area contributed by atoms with Gasteiger partial charge < -0.3 is 19.5 Å². The summed E-state index contributed by atoms with van der Waals surface area (Å²) in [6.07, 6.45) is 1.43. The van der Waals surface area contributed by atoms with Crippen molar-refractivity contribution in [1.29, 1.82) is 0 Å². The Labute approximate surface area is 215 Å². The molecule has 0 bridgehead atoms. The summed E-state index contributed by atoms with van der Waals surface area (Å²) in [5.41, 5.74) is 0.717. The Hall–Kier alpha value is -3.76. The predicted molar refractivity (Wildman–Crippen MR) is 136 cm³/mol. The molecule has 0 aliphatic carbocycles. The number of amides is 1. The normalized spacial score (nSPS) is 19.8. The number of likely N-dealkylation sites (tertiary alicyclic amines) is 1. The van der Waals surface area contributed by atoms with Crippen molar-refractivity contribution in [2.45, 2.75) is 25.8 Å². The van der Waals surface area contributed by atoms with E-state index < -0.39 is 22.7 Å². The van der Waals surface area contributed by atoms with E-state index in [1.807, 2.05) is 6.92 Å². The number of Topliss-reactive ketones (excluding diaryl/α,β-unsaturated/α-hetero) is 1. The Kier molecular flexibility index (Phi) is 8.52. The van der Waals surface area contributed by atoms with Crippen molar-refractivity contribution in [1.82, 2.24) is 9.80 Å². The molecule has 2 fully saturated rings. The Balaban J connectivity index is 1.68. The molecule has 1 N–H and O–H groups in total. The van der Waals surface area contributed by atoms with Gasteiger partial charge in [0.1, 0.15) is 11.5 Å². The zero-order valence-electron chi connectivity index (χ0n) is 20.8. The second-order valence-electron chi connectivity index (χ2n) is 9.02. The molecule has 0 saturated carbocycles. The first kappa shape index (κ1) is 26.3. The number of nitrogens with zero attached hydrogens (tertiary/aromatic N) is 3. The number of hydrogen-bond acceptors (Lipinski definition) is 8. The van der Waals surface area contributed by atoms with Crippen LogP contribution in [-0.2, 0) is 14.3 Å². The van der Waals surface area contributed by atoms with Gasteiger partial charge in [-0.25, -0.2) is 0 Å². The van der Waals surface area contributed by atoms with Crippen LogP contribution in [0.1, 0.15) is 36.9 Å². The number of non-ortho nitro benzene ring substituents is 1. The number of rotatable bonds is 10. The van der Waals surface area contributed by atoms with E-state index in [9.17, 15) is 24.8 Å². The van der Waals surface area contributed by atoms with Crippen LogP contribution in [0, 0.1) is 10.1 Å². The third kappa shape index (κ3) is 5.98. The minimum Gasteiger partial charge on any atom is -0.507 e. The maximum Gasteiger partial charge on any atom is 0.295 e. The summed E-state index contributed by atoms with van der Waals surface area (Å²) in [4.78, 5) is 40.8. The number of carbonyl (C=O) groups is 2. The van der Waals surface area contributed by atoms with Crippen molar-refractivity contribution in [3.05, 3.63) is 75.3 Å². The fraction of sp³-hybridized carbons (Fsp3) is 0.407. The highest BCUT2D eigenvalue weighted by Gasteiger charge is 2.46. The standard InChI is InChI=1S/C27H31N3O7/c1-2-15-37-22-6-3-5-20(18-22)25(31)23-24(19-7-9-21(10-8-19)30(34)35)29(27(33)26(23)32)12-4-11-28-13-16-36-17-14-28/h3,5-10,18,24,31H,2,4,11-17H2,1H3/b25-23+. The van der Waals surface area contributed by atoms with Crippen LogP contribution in [0.25, 0.3) is 5.76 Å². The maximum absolute atomic E-state index is 13.2. The molecule has 2 aliphatic heterocycles. The first-order valence-corrected chi connectivity index (χ1v) is 12.5. The molecule has 10 heteroatoms. The van der Waals surface area contributed by atoms with Gasteiger partial charge in [0.2, 0.25) is 0 Å². The van der Waals surface area contributed by atoms with E-state index in [4.69, 9.17) is 9.47 Å². The zero-order valence-corrected chi connectivity index (χ0v) is 20.8. The van der Waals surface area contributed by atoms with Crippen LogP contribution in [-0.4, -0.2) is 77.5 Å². The fourth-order valence-electron chi connectivity index (χ4n) is 4.63. The summed E-state index contributed by atoms with van der Waals surface area (Å²) in [7, 11) is 0. The fourth-order valence-corrected chi connectivity index (χ4v) is 4.63. The van der Waals surface area contributed by atoms with Gasteiger partial charge in [0.25, 0.3) is 17.4 Å². The first-order chi connectivity index (χ1) is 17.9. The summed E-state index contributed by atoms with van der Waals surface area (Å²) in [6, 6.07) is 11.6. The molecule has 0 spiro atoms. The highest BCUT2D eigenvalue weighted by Crippen LogP contribution is 2.40. The number of ketones is 1. The third-order valence-electron chi connectivity index (χ3n) is 6.52. The predicted octanol–water partition coefficient (Wildman–Crippen LogP) is 3.53. The number of hydrogen-bond donors (Lipinski definition) is 1. The highest BCUT2D eigenvalue weighted by molar-refractivity contribution is 6.46. The summed E-state index contributed by atoms with van der Waals surface area (Å²) < 4.78 is 11.0. The number of aliphatic hydroxyl groups excluding tert-OH is 1. The average Bonchev–Trinajstić information content (AvgIpc) is 3.17. The number of nitro groups is 1. The third-order valence-corrected chi connectivity index (χ3v) is 6.52. The summed E-state index contributed by atoms with van der Waals surface area (Å²) >= 11 is 0. The lowest BCUT2D eigenvalue weighted by Gasteiger charge is -2.29. The van der Waals surface area contributed by atoms with Crippen LogP contribution in [0.4, 0.5) is 5.69 Å². The summed E-state index contributed by atoms with van der Waals surface area (Å²) in [5.74, 6) is -1.26. The number of morpholine rings is 1. The lowest BCUT2D eigenvalue weighted by atomic mass is 9.95. The SMILES string of the molecule is CCCOc1cccc(/C(O)=C2\C(=O)C(=O)N(CCCN3CCOCC3)C2c2ccc([N+](=O)[O-])cc2)c1. The van der Waals surface area contributed by atoms with Gasteiger partial charge in [-0.15, -0.1) is 0 Å². The lowest BCUT2D eigenvalue weighted by Crippen LogP contribution is -2.38. The molecular formula is C27H31N3O7. The second-order valence-corrected chi connectivity index (χ2v) is 9.02. The van der Waals surface area contributed by atoms with Crippen LogP contribution in [0.3, 0.4) is 0 Å². The van der Waals surface area contributed by atoms with Gasteiger partial charge in [0.15, 0.2) is 0 Å². The molecule has 37 heavy (non-hydrogen) atoms. The van der Waals surface area contributed by atoms with Gasteiger partial charge in [0, 0.05) is 43.9 Å². The van der Waals surface area contributed by atoms with E-state index in [0.29, 0.717) is 49.7 Å². The van der Waals surface area contributed by atoms with Crippen LogP contribution in [0.5, 0.6) is 5.75 Å². The van der Waals surface area contributed by atoms with Gasteiger partial charge in [-0.2, -0.15) is 0 Å². The maximum atomic E-state index is 13.2. The van der Waals surface area contributed by atoms with Crippen molar-refractivity contribution < 1.29 is 29.1 Å². The van der Waals surface area contributed by atoms with E-state index in [0.717, 1.165) is 26.1 Å². The highest BCUT2D eigenvalue weighted by atomic mass is 16.6. The number of benzene rings is 2. The van der Waals surface area contributed by atoms with Gasteiger partial charge in [-0.05, 0) is 42.7 Å². The number of nitro benzene ring substituents is 1. The Morgan fingerprint density at radius 1 is 1.14 bits per heavy atom. The molecule has 2 heterocycles. The molecule has 2 aromatic carbocycles. The molecule has 1 atom stereocenters. The molecule has 4 rings (SSSR count). The summed E-state index contributed by atoms with van der Waals surface area (Å²) in [5, 5.41) is 22.4. The van der Waals surface area contributed by atoms with E-state index in [1.54, 1.807) is 24.3 Å². The Bertz CT molecular complexity index is 1170. The van der Waals surface area contributed by atoms with E-state index in [-0.39, 0.29) is 17.0 Å². The molecule has 2 aromatic rings. The quantitative estimate of drug-likeness (QED) is 0.170. The van der Waals surface area contributed by atoms with Gasteiger partial charge in [0.05, 0.1) is 36.4 Å². The van der Waals surface area contributed by atoms with E-state index >= 15 is 0 Å². The minimum atomic E-state index is -0.870. The first-order valence-electron chi connectivity index (χ1n) is 12.5. The molecule has 2 aliphatic rings. The van der Waals surface area contributed by atoms with Crippen molar-refractivity contribution in [2.24, 2.45) is 0 Å². The van der Waals surface area contributed by atoms with E-state index in [1.165, 1.54) is 29.2 Å². The van der Waals surface area contributed by atoms with Crippen molar-refractivity contribution in [2.75, 3.05) is 46.0 Å². The van der Waals surface area contributed by atoms with Crippen LogP contribution in [0.2, 0.25) is 0 Å². The average molecular weight is 510 g/mol. The van der Waals surface area contributed by atoms with Gasteiger partial charge >= 0.3 is 0 Å². The van der Waals surface area contributed by atoms with Crippen molar-refractivity contribution in [3.8, 4) is 5.75 Å². The van der Waals surface area contributed by atoms with Gasteiger partial charge in [-0.3, -0.25) is 24.6 Å². The number of aliphatic hydroxyl groups is 1. The van der Waals surface area contributed by atoms with E-state index in [2.05, 4.69) is 4.90 Å². The Morgan fingerprint density at radius 2 is 1.86 bits per heavy atom. The molecule has 1 amide bonds. The Morgan fingerprint density at radius 3 is 2.54 bits per heavy atom. The molecule has 10 nitrogen and oxygen atoms in total. The summed E-state index contributed by atoms with van der Waals surface area (Å²) in [6.45, 7) is 6.44. The smallest absolute Gasteiger partial charge is 0.295 e. The zero-order chi connectivity index (χ0) is 26.4. The molecule has 196 valence electrons. The van der Waals surface area contributed by atoms with Crippen molar-refractivity contribution in [3.63, 3.8) is 0 Å². The van der Waals surface area contributed by atoms with Crippen molar-refractivity contribution >= 4 is 23.1 Å². The number of carbonyl (C=O) groups excluding carboxylic acids is 2. The molecule has 2 saturated heterocycles.